The van der Waals surface area contributed by atoms with Crippen LogP contribution >= 0.6 is 0 Å². The molecule has 2 unspecified atom stereocenters. The first-order valence-electron chi connectivity index (χ1n) is 6.35. The van der Waals surface area contributed by atoms with Gasteiger partial charge < -0.3 is 3.79 Å². The Morgan fingerprint density at radius 2 is 2.00 bits per heavy atom. The van der Waals surface area contributed by atoms with Crippen LogP contribution in [0.25, 0.3) is 0 Å². The Kier molecular flexibility index (Phi) is 6.17. The third-order valence-electron chi connectivity index (χ3n) is 3.62. The largest absolute Gasteiger partial charge is 0.501 e. The summed E-state index contributed by atoms with van der Waals surface area (Å²) in [6.07, 6.45) is 5.47. The number of hydrogen-bond donors (Lipinski definition) is 0. The molecular weight excluding hydrogens is 187 g/mol. The lowest BCUT2D eigenvalue weighted by Gasteiger charge is -2.24. The fourth-order valence-electron chi connectivity index (χ4n) is 2.38. The van der Waals surface area contributed by atoms with E-state index in [-0.39, 0.29) is 0 Å². The zero-order chi connectivity index (χ0) is 10.4. The van der Waals surface area contributed by atoms with Crippen LogP contribution in [0.5, 0.6) is 0 Å². The van der Waals surface area contributed by atoms with Gasteiger partial charge in [-0.3, -0.25) is 0 Å². The summed E-state index contributed by atoms with van der Waals surface area (Å²) in [6.45, 7) is 8.18. The number of hydrogen-bond acceptors (Lipinski definition) is 1. The van der Waals surface area contributed by atoms with Gasteiger partial charge in [0.1, 0.15) is 0 Å². The predicted molar refractivity (Wildman–Crippen MR) is 63.8 cm³/mol. The van der Waals surface area contributed by atoms with Crippen LogP contribution < -0.4 is 0 Å². The summed E-state index contributed by atoms with van der Waals surface area (Å²) < 4.78 is 5.92. The SMILES string of the molecule is CCCC(C)C(C)[CH2][Al]1[CH2]CCC[O]1. The van der Waals surface area contributed by atoms with Gasteiger partial charge in [-0.15, -0.1) is 0 Å². The average Bonchev–Trinajstić information content (AvgIpc) is 2.19. The summed E-state index contributed by atoms with van der Waals surface area (Å²) in [4.78, 5) is 0. The highest BCUT2D eigenvalue weighted by Crippen LogP contribution is 2.25. The van der Waals surface area contributed by atoms with E-state index in [4.69, 9.17) is 3.79 Å². The van der Waals surface area contributed by atoms with E-state index >= 15 is 0 Å². The van der Waals surface area contributed by atoms with Gasteiger partial charge in [-0.1, -0.05) is 56.5 Å². The third-order valence-corrected chi connectivity index (χ3v) is 6.65. The molecular formula is C12H25AlO. The Bertz CT molecular complexity index is 143. The smallest absolute Gasteiger partial charge is 0.461 e. The quantitative estimate of drug-likeness (QED) is 0.629. The van der Waals surface area contributed by atoms with Crippen molar-refractivity contribution in [2.24, 2.45) is 11.8 Å². The lowest BCUT2D eigenvalue weighted by atomic mass is 9.93. The molecule has 2 heteroatoms. The first-order chi connectivity index (χ1) is 6.74. The van der Waals surface area contributed by atoms with Crippen molar-refractivity contribution in [3.8, 4) is 0 Å². The van der Waals surface area contributed by atoms with Gasteiger partial charge in [-0.2, -0.15) is 0 Å². The molecule has 2 atom stereocenters. The minimum Gasteiger partial charge on any atom is -0.501 e. The monoisotopic (exact) mass is 212 g/mol. The molecule has 0 aromatic heterocycles. The van der Waals surface area contributed by atoms with Crippen LogP contribution in [-0.2, 0) is 3.79 Å². The Balaban J connectivity index is 2.20. The molecule has 14 heavy (non-hydrogen) atoms. The Morgan fingerprint density at radius 3 is 2.57 bits per heavy atom. The zero-order valence-electron chi connectivity index (χ0n) is 10.1. The summed E-state index contributed by atoms with van der Waals surface area (Å²) in [5.41, 5.74) is 0. The van der Waals surface area contributed by atoms with Crippen LogP contribution in [0.2, 0.25) is 10.6 Å². The Labute approximate surface area is 93.9 Å². The molecule has 0 aliphatic carbocycles. The molecule has 0 radical (unpaired) electrons. The molecule has 0 bridgehead atoms. The van der Waals surface area contributed by atoms with E-state index in [1.807, 2.05) is 0 Å². The first kappa shape index (κ1) is 12.6. The van der Waals surface area contributed by atoms with Gasteiger partial charge in [0.05, 0.1) is 0 Å². The molecule has 0 amide bonds. The van der Waals surface area contributed by atoms with Crippen molar-refractivity contribution in [1.29, 1.82) is 0 Å². The molecule has 0 aromatic rings. The van der Waals surface area contributed by atoms with Gasteiger partial charge in [0.15, 0.2) is 0 Å². The van der Waals surface area contributed by atoms with Crippen LogP contribution in [0.15, 0.2) is 0 Å². The minimum atomic E-state index is -0.765. The van der Waals surface area contributed by atoms with Crippen LogP contribution in [0.4, 0.5) is 0 Å². The maximum Gasteiger partial charge on any atom is 0.461 e. The molecule has 0 spiro atoms. The van der Waals surface area contributed by atoms with E-state index in [1.165, 1.54) is 36.2 Å². The lowest BCUT2D eigenvalue weighted by Crippen LogP contribution is -2.27. The van der Waals surface area contributed by atoms with Gasteiger partial charge in [0.2, 0.25) is 0 Å². The van der Waals surface area contributed by atoms with Crippen molar-refractivity contribution in [2.45, 2.75) is 57.0 Å². The van der Waals surface area contributed by atoms with E-state index in [2.05, 4.69) is 20.8 Å². The van der Waals surface area contributed by atoms with Gasteiger partial charge in [-0.05, 0) is 12.3 Å². The third kappa shape index (κ3) is 4.34. The van der Waals surface area contributed by atoms with Gasteiger partial charge in [0.25, 0.3) is 0 Å². The minimum absolute atomic E-state index is 0.765. The van der Waals surface area contributed by atoms with Crippen LogP contribution in [0, 0.1) is 11.8 Å². The second-order valence-electron chi connectivity index (χ2n) is 4.97. The normalized spacial score (nSPS) is 22.1. The molecule has 1 rings (SSSR count). The molecule has 0 N–H and O–H groups in total. The molecule has 0 aromatic carbocycles. The molecule has 1 saturated heterocycles. The second kappa shape index (κ2) is 6.88. The van der Waals surface area contributed by atoms with E-state index in [9.17, 15) is 0 Å². The Morgan fingerprint density at radius 1 is 1.21 bits per heavy atom. The van der Waals surface area contributed by atoms with Crippen molar-refractivity contribution in [3.63, 3.8) is 0 Å². The van der Waals surface area contributed by atoms with Crippen molar-refractivity contribution >= 4 is 14.5 Å². The predicted octanol–water partition coefficient (Wildman–Crippen LogP) is 3.86. The molecule has 0 saturated carbocycles. The fraction of sp³-hybridized carbons (Fsp3) is 1.00. The first-order valence-corrected chi connectivity index (χ1v) is 8.46. The van der Waals surface area contributed by atoms with Gasteiger partial charge >= 0.3 is 14.5 Å². The molecule has 1 heterocycles. The molecule has 82 valence electrons. The van der Waals surface area contributed by atoms with E-state index in [0.29, 0.717) is 0 Å². The highest BCUT2D eigenvalue weighted by molar-refractivity contribution is 6.52. The molecule has 1 fully saturated rings. The summed E-state index contributed by atoms with van der Waals surface area (Å²) in [5.74, 6) is 1.79. The van der Waals surface area contributed by atoms with Crippen molar-refractivity contribution in [1.82, 2.24) is 0 Å². The number of rotatable bonds is 5. The highest BCUT2D eigenvalue weighted by atomic mass is 27.2. The highest BCUT2D eigenvalue weighted by Gasteiger charge is 2.27. The molecule has 1 nitrogen and oxygen atoms in total. The lowest BCUT2D eigenvalue weighted by molar-refractivity contribution is 0.274. The maximum atomic E-state index is 5.92. The second-order valence-corrected chi connectivity index (χ2v) is 7.59. The van der Waals surface area contributed by atoms with Crippen LogP contribution in [0.3, 0.4) is 0 Å². The summed E-state index contributed by atoms with van der Waals surface area (Å²) in [7, 11) is 0. The zero-order valence-corrected chi connectivity index (χ0v) is 11.2. The summed E-state index contributed by atoms with van der Waals surface area (Å²) >= 11 is -0.765. The standard InChI is InChI=1S/C8H17.C4H8O.Al/c1-5-6-8(4)7(2)3;1-2-3-4-5;/h7-8H,2,5-6H2,1,3-4H3;1-4H2;/q;-1;+1. The van der Waals surface area contributed by atoms with Crippen LogP contribution in [-0.4, -0.2) is 21.1 Å². The van der Waals surface area contributed by atoms with Gasteiger partial charge in [-0.25, -0.2) is 0 Å². The summed E-state index contributed by atoms with van der Waals surface area (Å²) in [5, 5.41) is 2.85. The fourth-order valence-corrected chi connectivity index (χ4v) is 5.46. The van der Waals surface area contributed by atoms with E-state index < -0.39 is 14.5 Å². The summed E-state index contributed by atoms with van der Waals surface area (Å²) in [6, 6.07) is 0. The van der Waals surface area contributed by atoms with E-state index in [0.717, 1.165) is 18.4 Å². The van der Waals surface area contributed by atoms with Crippen molar-refractivity contribution in [2.75, 3.05) is 6.61 Å². The van der Waals surface area contributed by atoms with Crippen molar-refractivity contribution in [3.05, 3.63) is 0 Å². The van der Waals surface area contributed by atoms with Crippen molar-refractivity contribution < 1.29 is 3.79 Å². The van der Waals surface area contributed by atoms with E-state index in [1.54, 1.807) is 0 Å². The average molecular weight is 212 g/mol. The topological polar surface area (TPSA) is 9.23 Å². The maximum absolute atomic E-state index is 5.92. The molecule has 1 aliphatic heterocycles. The van der Waals surface area contributed by atoms with Gasteiger partial charge in [0, 0.05) is 6.61 Å². The van der Waals surface area contributed by atoms with Crippen LogP contribution in [0.1, 0.15) is 46.5 Å². The Hall–Kier alpha value is 0.492. The molecule has 1 aliphatic rings.